The Hall–Kier alpha value is -3.02. The normalized spacial score (nSPS) is 11.1. The Kier molecular flexibility index (Phi) is 5.42. The van der Waals surface area contributed by atoms with Crippen LogP contribution in [0, 0.1) is 5.82 Å². The lowest BCUT2D eigenvalue weighted by Crippen LogP contribution is -2.04. The monoisotopic (exact) mass is 332 g/mol. The number of methoxy groups -OCH3 is 3. The van der Waals surface area contributed by atoms with Crippen molar-refractivity contribution in [3.8, 4) is 17.2 Å². The SMILES string of the molecule is COc1ccc(/C(=C/c2ccc(F)cc2)C(=O)O)c(OC)c1OC. The third-order valence-corrected chi connectivity index (χ3v) is 3.41. The lowest BCUT2D eigenvalue weighted by molar-refractivity contribution is -0.130. The molecule has 0 heterocycles. The van der Waals surface area contributed by atoms with Crippen LogP contribution in [0.4, 0.5) is 4.39 Å². The second-order valence-corrected chi connectivity index (χ2v) is 4.80. The van der Waals surface area contributed by atoms with Gasteiger partial charge >= 0.3 is 5.97 Å². The number of aliphatic carboxylic acids is 1. The topological polar surface area (TPSA) is 65.0 Å². The van der Waals surface area contributed by atoms with Gasteiger partial charge in [-0.1, -0.05) is 12.1 Å². The summed E-state index contributed by atoms with van der Waals surface area (Å²) in [5.41, 5.74) is 0.858. The van der Waals surface area contributed by atoms with Gasteiger partial charge in [0.2, 0.25) is 5.75 Å². The first-order valence-electron chi connectivity index (χ1n) is 7.01. The molecule has 1 N–H and O–H groups in total. The predicted molar refractivity (Wildman–Crippen MR) is 88.0 cm³/mol. The number of hydrogen-bond acceptors (Lipinski definition) is 4. The molecule has 0 bridgehead atoms. The van der Waals surface area contributed by atoms with Crippen LogP contribution in [0.3, 0.4) is 0 Å². The molecule has 126 valence electrons. The van der Waals surface area contributed by atoms with Crippen molar-refractivity contribution < 1.29 is 28.5 Å². The van der Waals surface area contributed by atoms with Crippen molar-refractivity contribution in [3.05, 3.63) is 53.3 Å². The Balaban J connectivity index is 2.64. The van der Waals surface area contributed by atoms with Crippen molar-refractivity contribution in [2.45, 2.75) is 0 Å². The van der Waals surface area contributed by atoms with Gasteiger partial charge in [0.05, 0.1) is 26.9 Å². The van der Waals surface area contributed by atoms with Gasteiger partial charge in [0.15, 0.2) is 11.5 Å². The molecule has 0 spiro atoms. The maximum Gasteiger partial charge on any atom is 0.336 e. The molecule has 0 saturated carbocycles. The summed E-state index contributed by atoms with van der Waals surface area (Å²) in [5.74, 6) is -0.585. The quantitative estimate of drug-likeness (QED) is 0.648. The number of halogens is 1. The highest BCUT2D eigenvalue weighted by molar-refractivity contribution is 6.21. The molecule has 2 rings (SSSR count). The maximum atomic E-state index is 13.0. The van der Waals surface area contributed by atoms with E-state index in [1.165, 1.54) is 51.7 Å². The molecule has 2 aromatic rings. The Morgan fingerprint density at radius 1 is 0.958 bits per heavy atom. The number of carboxylic acid groups (broad SMARTS) is 1. The van der Waals surface area contributed by atoms with E-state index in [1.54, 1.807) is 12.1 Å². The van der Waals surface area contributed by atoms with E-state index in [0.29, 0.717) is 22.6 Å². The lowest BCUT2D eigenvalue weighted by Gasteiger charge is -2.16. The second kappa shape index (κ2) is 7.50. The van der Waals surface area contributed by atoms with Crippen molar-refractivity contribution in [2.24, 2.45) is 0 Å². The van der Waals surface area contributed by atoms with E-state index in [0.717, 1.165) is 0 Å². The summed E-state index contributed by atoms with van der Waals surface area (Å²) in [5, 5.41) is 9.58. The fourth-order valence-corrected chi connectivity index (χ4v) is 2.29. The lowest BCUT2D eigenvalue weighted by atomic mass is 10.0. The molecule has 0 atom stereocenters. The summed E-state index contributed by atoms with van der Waals surface area (Å²) in [6, 6.07) is 8.67. The van der Waals surface area contributed by atoms with E-state index in [9.17, 15) is 14.3 Å². The first kappa shape index (κ1) is 17.3. The molecular weight excluding hydrogens is 315 g/mol. The number of carbonyl (C=O) groups is 1. The molecule has 0 aliphatic rings. The highest BCUT2D eigenvalue weighted by Gasteiger charge is 2.22. The standard InChI is InChI=1S/C18H17FO5/c1-22-15-9-8-13(16(23-2)17(15)24-3)14(18(20)21)10-11-4-6-12(19)7-5-11/h4-10H,1-3H3,(H,20,21)/b14-10-. The summed E-state index contributed by atoms with van der Waals surface area (Å²) in [6.07, 6.45) is 1.44. The molecule has 24 heavy (non-hydrogen) atoms. The summed E-state index contributed by atoms with van der Waals surface area (Å²) >= 11 is 0. The van der Waals surface area contributed by atoms with Crippen LogP contribution in [0.1, 0.15) is 11.1 Å². The molecule has 0 amide bonds. The Labute approximate surface area is 138 Å². The van der Waals surface area contributed by atoms with Gasteiger partial charge in [-0.25, -0.2) is 9.18 Å². The predicted octanol–water partition coefficient (Wildman–Crippen LogP) is 3.48. The van der Waals surface area contributed by atoms with Crippen LogP contribution < -0.4 is 14.2 Å². The maximum absolute atomic E-state index is 13.0. The number of hydrogen-bond donors (Lipinski definition) is 1. The van der Waals surface area contributed by atoms with Gasteiger partial charge in [0, 0.05) is 5.56 Å². The first-order valence-corrected chi connectivity index (χ1v) is 7.01. The zero-order valence-corrected chi connectivity index (χ0v) is 13.5. The van der Waals surface area contributed by atoms with E-state index >= 15 is 0 Å². The minimum absolute atomic E-state index is 0.0144. The zero-order valence-electron chi connectivity index (χ0n) is 13.5. The van der Waals surface area contributed by atoms with Crippen LogP contribution in [-0.4, -0.2) is 32.4 Å². The molecule has 0 aliphatic carbocycles. The highest BCUT2D eigenvalue weighted by Crippen LogP contribution is 2.42. The van der Waals surface area contributed by atoms with Crippen molar-refractivity contribution in [1.82, 2.24) is 0 Å². The van der Waals surface area contributed by atoms with Crippen molar-refractivity contribution in [2.75, 3.05) is 21.3 Å². The van der Waals surface area contributed by atoms with E-state index in [-0.39, 0.29) is 11.3 Å². The van der Waals surface area contributed by atoms with Gasteiger partial charge < -0.3 is 19.3 Å². The van der Waals surface area contributed by atoms with Crippen LogP contribution in [0.5, 0.6) is 17.2 Å². The van der Waals surface area contributed by atoms with E-state index in [1.807, 2.05) is 0 Å². The molecular formula is C18H17FO5. The first-order chi connectivity index (χ1) is 11.5. The Morgan fingerprint density at radius 2 is 1.58 bits per heavy atom. The van der Waals surface area contributed by atoms with Gasteiger partial charge in [-0.05, 0) is 35.9 Å². The van der Waals surface area contributed by atoms with Gasteiger partial charge in [0.1, 0.15) is 5.82 Å². The average molecular weight is 332 g/mol. The summed E-state index contributed by atoms with van der Waals surface area (Å²) in [4.78, 5) is 11.7. The zero-order chi connectivity index (χ0) is 17.7. The highest BCUT2D eigenvalue weighted by atomic mass is 19.1. The fraction of sp³-hybridized carbons (Fsp3) is 0.167. The molecule has 5 nitrogen and oxygen atoms in total. The molecule has 2 aromatic carbocycles. The fourth-order valence-electron chi connectivity index (χ4n) is 2.29. The molecule has 0 aromatic heterocycles. The second-order valence-electron chi connectivity index (χ2n) is 4.80. The smallest absolute Gasteiger partial charge is 0.336 e. The average Bonchev–Trinajstić information content (AvgIpc) is 2.59. The molecule has 0 unspecified atom stereocenters. The van der Waals surface area contributed by atoms with Crippen molar-refractivity contribution in [1.29, 1.82) is 0 Å². The minimum atomic E-state index is -1.15. The molecule has 6 heteroatoms. The Bertz CT molecular complexity index is 766. The van der Waals surface area contributed by atoms with Crippen molar-refractivity contribution >= 4 is 17.6 Å². The Morgan fingerprint density at radius 3 is 2.08 bits per heavy atom. The molecule has 0 radical (unpaired) electrons. The third-order valence-electron chi connectivity index (χ3n) is 3.41. The molecule has 0 saturated heterocycles. The summed E-state index contributed by atoms with van der Waals surface area (Å²) in [6.45, 7) is 0. The largest absolute Gasteiger partial charge is 0.493 e. The number of benzene rings is 2. The number of carboxylic acids is 1. The van der Waals surface area contributed by atoms with Crippen LogP contribution in [0.15, 0.2) is 36.4 Å². The molecule has 0 aliphatic heterocycles. The van der Waals surface area contributed by atoms with Gasteiger partial charge in [-0.3, -0.25) is 0 Å². The van der Waals surface area contributed by atoms with Gasteiger partial charge in [-0.2, -0.15) is 0 Å². The summed E-state index contributed by atoms with van der Waals surface area (Å²) in [7, 11) is 4.33. The van der Waals surface area contributed by atoms with Crippen LogP contribution in [-0.2, 0) is 4.79 Å². The minimum Gasteiger partial charge on any atom is -0.493 e. The van der Waals surface area contributed by atoms with Crippen LogP contribution >= 0.6 is 0 Å². The molecule has 0 fully saturated rings. The number of ether oxygens (including phenoxy) is 3. The third kappa shape index (κ3) is 3.48. The van der Waals surface area contributed by atoms with E-state index in [4.69, 9.17) is 14.2 Å². The number of rotatable bonds is 6. The van der Waals surface area contributed by atoms with Gasteiger partial charge in [0.25, 0.3) is 0 Å². The summed E-state index contributed by atoms with van der Waals surface area (Å²) < 4.78 is 28.8. The van der Waals surface area contributed by atoms with Gasteiger partial charge in [-0.15, -0.1) is 0 Å². The van der Waals surface area contributed by atoms with E-state index in [2.05, 4.69) is 0 Å². The van der Waals surface area contributed by atoms with Crippen molar-refractivity contribution in [3.63, 3.8) is 0 Å². The van der Waals surface area contributed by atoms with E-state index < -0.39 is 11.8 Å². The van der Waals surface area contributed by atoms with Crippen LogP contribution in [0.25, 0.3) is 11.6 Å². The van der Waals surface area contributed by atoms with Crippen LogP contribution in [0.2, 0.25) is 0 Å².